The van der Waals surface area contributed by atoms with Crippen molar-refractivity contribution in [1.82, 2.24) is 9.88 Å². The summed E-state index contributed by atoms with van der Waals surface area (Å²) in [7, 11) is 0. The monoisotopic (exact) mass is 322 g/mol. The Hall–Kier alpha value is -2.12. The first-order chi connectivity index (χ1) is 11.5. The number of aliphatic hydroxyl groups excluding tert-OH is 1. The van der Waals surface area contributed by atoms with Gasteiger partial charge in [-0.2, -0.15) is 0 Å². The van der Waals surface area contributed by atoms with Crippen molar-refractivity contribution in [2.75, 3.05) is 13.1 Å². The lowest BCUT2D eigenvalue weighted by atomic mass is 9.86. The van der Waals surface area contributed by atoms with Gasteiger partial charge in [-0.25, -0.2) is 0 Å². The maximum atomic E-state index is 12.5. The molecule has 2 aliphatic carbocycles. The quantitative estimate of drug-likeness (QED) is 0.850. The largest absolute Gasteiger partial charge is 0.387 e. The van der Waals surface area contributed by atoms with Crippen LogP contribution in [0.15, 0.2) is 17.8 Å². The fourth-order valence-electron chi connectivity index (χ4n) is 3.98. The molecule has 0 aromatic carbocycles. The van der Waals surface area contributed by atoms with Gasteiger partial charge in [0.1, 0.15) is 0 Å². The molecule has 1 spiro atoms. The minimum Gasteiger partial charge on any atom is -0.387 e. The number of rotatable bonds is 2. The van der Waals surface area contributed by atoms with Gasteiger partial charge in [-0.05, 0) is 49.7 Å². The number of aliphatic hydroxyl groups is 1. The Balaban J connectivity index is 1.78. The van der Waals surface area contributed by atoms with Crippen molar-refractivity contribution in [1.29, 1.82) is 0 Å². The number of carbonyl (C=O) groups is 1. The Labute approximate surface area is 142 Å². The van der Waals surface area contributed by atoms with Crippen LogP contribution >= 0.6 is 0 Å². The summed E-state index contributed by atoms with van der Waals surface area (Å²) in [5.74, 6) is 2.63. The van der Waals surface area contributed by atoms with Crippen LogP contribution in [0.4, 0.5) is 0 Å². The second-order valence-corrected chi connectivity index (χ2v) is 7.40. The van der Waals surface area contributed by atoms with Crippen LogP contribution in [0.5, 0.6) is 0 Å². The van der Waals surface area contributed by atoms with Crippen molar-refractivity contribution in [3.63, 3.8) is 0 Å². The van der Waals surface area contributed by atoms with E-state index < -0.39 is 6.10 Å². The van der Waals surface area contributed by atoms with Gasteiger partial charge in [-0.1, -0.05) is 5.92 Å². The molecule has 4 nitrogen and oxygen atoms in total. The number of fused-ring (bicyclic) bond motifs is 1. The summed E-state index contributed by atoms with van der Waals surface area (Å²) in [6.45, 7) is 3.59. The Kier molecular flexibility index (Phi) is 3.51. The molecule has 0 bridgehead atoms. The van der Waals surface area contributed by atoms with E-state index in [1.54, 1.807) is 13.1 Å². The molecule has 3 aliphatic rings. The summed E-state index contributed by atoms with van der Waals surface area (Å²) in [5.41, 5.74) is 4.43. The van der Waals surface area contributed by atoms with E-state index in [0.29, 0.717) is 23.1 Å². The zero-order valence-electron chi connectivity index (χ0n) is 14.0. The molecule has 0 amide bonds. The number of likely N-dealkylation sites (tertiary alicyclic amines) is 1. The molecular weight excluding hydrogens is 300 g/mol. The fraction of sp³-hybridized carbons (Fsp3) is 0.500. The third-order valence-corrected chi connectivity index (χ3v) is 5.80. The van der Waals surface area contributed by atoms with Crippen LogP contribution in [0.2, 0.25) is 0 Å². The van der Waals surface area contributed by atoms with Gasteiger partial charge in [-0.15, -0.1) is 6.42 Å². The summed E-state index contributed by atoms with van der Waals surface area (Å²) in [6, 6.07) is 1.90. The third-order valence-electron chi connectivity index (χ3n) is 5.80. The third kappa shape index (κ3) is 2.44. The standard InChI is InChI=1S/C20H22N2O2/c1-3-15-18(24)10-14-12-21-17(13(2)23)11-16(14)19(15)22-8-6-20(4-5-20)7-9-22/h1,11-13,23H,4-10H2,2H3/t13-/m0/s1. The summed E-state index contributed by atoms with van der Waals surface area (Å²) >= 11 is 0. The zero-order chi connectivity index (χ0) is 16.9. The lowest BCUT2D eigenvalue weighted by Crippen LogP contribution is -2.36. The first-order valence-electron chi connectivity index (χ1n) is 8.69. The molecule has 2 fully saturated rings. The number of hydrogen-bond acceptors (Lipinski definition) is 4. The van der Waals surface area contributed by atoms with E-state index in [0.717, 1.165) is 29.9 Å². The molecular formula is C20H22N2O2. The second kappa shape index (κ2) is 5.46. The maximum absolute atomic E-state index is 12.5. The molecule has 4 heteroatoms. The van der Waals surface area contributed by atoms with Crippen LogP contribution < -0.4 is 0 Å². The first kappa shape index (κ1) is 15.4. The van der Waals surface area contributed by atoms with Gasteiger partial charge in [0.05, 0.1) is 23.1 Å². The molecule has 1 aliphatic heterocycles. The molecule has 124 valence electrons. The first-order valence-corrected chi connectivity index (χ1v) is 8.69. The lowest BCUT2D eigenvalue weighted by molar-refractivity contribution is -0.114. The SMILES string of the molecule is C#CC1=C(N2CCC3(CC2)CC3)c2cc([C@H](C)O)ncc2CC1=O. The average molecular weight is 322 g/mol. The van der Waals surface area contributed by atoms with E-state index in [9.17, 15) is 9.90 Å². The number of allylic oxidation sites excluding steroid dienone is 1. The van der Waals surface area contributed by atoms with Crippen molar-refractivity contribution >= 4 is 11.5 Å². The summed E-state index contributed by atoms with van der Waals surface area (Å²) in [4.78, 5) is 19.1. The highest BCUT2D eigenvalue weighted by Crippen LogP contribution is 2.54. The smallest absolute Gasteiger partial charge is 0.177 e. The van der Waals surface area contributed by atoms with Gasteiger partial charge < -0.3 is 10.0 Å². The van der Waals surface area contributed by atoms with Gasteiger partial charge in [0.25, 0.3) is 0 Å². The van der Waals surface area contributed by atoms with Crippen LogP contribution in [0, 0.1) is 17.8 Å². The number of piperidine rings is 1. The molecule has 1 saturated heterocycles. The van der Waals surface area contributed by atoms with Crippen molar-refractivity contribution in [3.05, 3.63) is 34.7 Å². The number of ketones is 1. The number of carbonyl (C=O) groups excluding carboxylic acids is 1. The summed E-state index contributed by atoms with van der Waals surface area (Å²) < 4.78 is 0. The van der Waals surface area contributed by atoms with Crippen molar-refractivity contribution in [3.8, 4) is 12.3 Å². The van der Waals surface area contributed by atoms with Crippen LogP contribution in [-0.4, -0.2) is 33.9 Å². The van der Waals surface area contributed by atoms with Crippen LogP contribution in [0.25, 0.3) is 5.70 Å². The molecule has 0 unspecified atom stereocenters. The minimum absolute atomic E-state index is 0.00157. The number of terminal acetylenes is 1. The van der Waals surface area contributed by atoms with E-state index in [-0.39, 0.29) is 5.78 Å². The van der Waals surface area contributed by atoms with E-state index in [1.807, 2.05) is 6.07 Å². The van der Waals surface area contributed by atoms with Gasteiger partial charge in [0.2, 0.25) is 0 Å². The zero-order valence-corrected chi connectivity index (χ0v) is 14.0. The van der Waals surface area contributed by atoms with Crippen LogP contribution in [-0.2, 0) is 11.2 Å². The Bertz CT molecular complexity index is 771. The minimum atomic E-state index is -0.639. The molecule has 1 saturated carbocycles. The average Bonchev–Trinajstić information content (AvgIpc) is 3.33. The number of hydrogen-bond donors (Lipinski definition) is 1. The van der Waals surface area contributed by atoms with Gasteiger partial charge in [0, 0.05) is 31.3 Å². The molecule has 1 aromatic rings. The van der Waals surface area contributed by atoms with E-state index in [4.69, 9.17) is 6.42 Å². The fourth-order valence-corrected chi connectivity index (χ4v) is 3.98. The number of nitrogens with zero attached hydrogens (tertiary/aromatic N) is 2. The second-order valence-electron chi connectivity index (χ2n) is 7.40. The highest BCUT2D eigenvalue weighted by molar-refractivity contribution is 6.10. The Morgan fingerprint density at radius 1 is 1.33 bits per heavy atom. The maximum Gasteiger partial charge on any atom is 0.177 e. The topological polar surface area (TPSA) is 53.4 Å². The number of Topliss-reactive ketones (excluding diaryl/α,β-unsaturated/α-hetero) is 1. The van der Waals surface area contributed by atoms with Crippen molar-refractivity contribution in [2.24, 2.45) is 5.41 Å². The van der Waals surface area contributed by atoms with E-state index in [1.165, 1.54) is 25.7 Å². The predicted octanol–water partition coefficient (Wildman–Crippen LogP) is 2.48. The molecule has 1 aromatic heterocycles. The highest BCUT2D eigenvalue weighted by Gasteiger charge is 2.45. The van der Waals surface area contributed by atoms with Gasteiger partial charge in [-0.3, -0.25) is 9.78 Å². The van der Waals surface area contributed by atoms with E-state index in [2.05, 4.69) is 15.8 Å². The summed E-state index contributed by atoms with van der Waals surface area (Å²) in [5, 5.41) is 9.87. The van der Waals surface area contributed by atoms with Crippen molar-refractivity contribution in [2.45, 2.75) is 45.1 Å². The lowest BCUT2D eigenvalue weighted by Gasteiger charge is -2.38. The van der Waals surface area contributed by atoms with Gasteiger partial charge >= 0.3 is 0 Å². The molecule has 2 heterocycles. The summed E-state index contributed by atoms with van der Waals surface area (Å²) in [6.07, 6.45) is 12.1. The number of aromatic nitrogens is 1. The predicted molar refractivity (Wildman–Crippen MR) is 91.8 cm³/mol. The van der Waals surface area contributed by atoms with Crippen molar-refractivity contribution < 1.29 is 9.90 Å². The molecule has 0 radical (unpaired) electrons. The van der Waals surface area contributed by atoms with E-state index >= 15 is 0 Å². The van der Waals surface area contributed by atoms with Crippen LogP contribution in [0.3, 0.4) is 0 Å². The highest BCUT2D eigenvalue weighted by atomic mass is 16.3. The molecule has 24 heavy (non-hydrogen) atoms. The molecule has 1 N–H and O–H groups in total. The Morgan fingerprint density at radius 2 is 2.04 bits per heavy atom. The number of pyridine rings is 1. The van der Waals surface area contributed by atoms with Crippen LogP contribution in [0.1, 0.15) is 55.5 Å². The molecule has 4 rings (SSSR count). The normalized spacial score (nSPS) is 23.0. The Morgan fingerprint density at radius 3 is 2.62 bits per heavy atom. The molecule has 1 atom stereocenters. The van der Waals surface area contributed by atoms with Gasteiger partial charge in [0.15, 0.2) is 5.78 Å².